The van der Waals surface area contributed by atoms with Crippen LogP contribution in [0.25, 0.3) is 0 Å². The van der Waals surface area contributed by atoms with Gasteiger partial charge in [0.15, 0.2) is 0 Å². The van der Waals surface area contributed by atoms with Gasteiger partial charge in [-0.25, -0.2) is 0 Å². The molecule has 14 heavy (non-hydrogen) atoms. The second-order valence-electron chi connectivity index (χ2n) is 5.03. The van der Waals surface area contributed by atoms with Gasteiger partial charge < -0.3 is 5.11 Å². The summed E-state index contributed by atoms with van der Waals surface area (Å²) in [6.07, 6.45) is 11.3. The average Bonchev–Trinajstić information content (AvgIpc) is 2.02. The van der Waals surface area contributed by atoms with E-state index in [9.17, 15) is 5.11 Å². The fraction of sp³-hybridized carbons (Fsp3) is 0.692. The Hall–Kier alpha value is -0.560. The minimum absolute atomic E-state index is 0.257. The van der Waals surface area contributed by atoms with Crippen LogP contribution in [0, 0.1) is 11.3 Å². The third-order valence-corrected chi connectivity index (χ3v) is 2.84. The number of hydrogen-bond acceptors (Lipinski definition) is 1. The van der Waals surface area contributed by atoms with Crippen LogP contribution >= 0.6 is 0 Å². The first-order valence-electron chi connectivity index (χ1n) is 5.52. The van der Waals surface area contributed by atoms with Gasteiger partial charge in [-0.3, -0.25) is 0 Å². The molecule has 0 aromatic rings. The molecular weight excluding hydrogens is 172 g/mol. The maximum absolute atomic E-state index is 9.66. The molecule has 1 nitrogen and oxygen atoms in total. The van der Waals surface area contributed by atoms with Gasteiger partial charge in [-0.05, 0) is 37.5 Å². The molecular formula is C13H22O. The molecule has 2 atom stereocenters. The first-order chi connectivity index (χ1) is 6.53. The predicted octanol–water partition coefficient (Wildman–Crippen LogP) is 3.31. The third kappa shape index (κ3) is 3.67. The number of rotatable bonds is 3. The topological polar surface area (TPSA) is 20.2 Å². The summed E-state index contributed by atoms with van der Waals surface area (Å²) in [5.74, 6) is 0.640. The van der Waals surface area contributed by atoms with Crippen LogP contribution in [-0.2, 0) is 0 Å². The zero-order chi connectivity index (χ0) is 10.6. The fourth-order valence-electron chi connectivity index (χ4n) is 2.30. The zero-order valence-electron chi connectivity index (χ0n) is 9.53. The molecule has 0 saturated heterocycles. The van der Waals surface area contributed by atoms with Crippen LogP contribution in [0.1, 0.15) is 40.0 Å². The van der Waals surface area contributed by atoms with Crippen LogP contribution in [0.2, 0.25) is 0 Å². The number of hydrogen-bond donors (Lipinski definition) is 1. The van der Waals surface area contributed by atoms with E-state index in [1.165, 1.54) is 6.42 Å². The third-order valence-electron chi connectivity index (χ3n) is 2.84. The molecule has 0 saturated carbocycles. The molecule has 0 fully saturated rings. The minimum atomic E-state index is -0.257. The minimum Gasteiger partial charge on any atom is -0.389 e. The molecule has 0 aliphatic heterocycles. The molecule has 1 aliphatic rings. The lowest BCUT2D eigenvalue weighted by molar-refractivity contribution is 0.167. The van der Waals surface area contributed by atoms with Crippen molar-refractivity contribution in [2.24, 2.45) is 11.3 Å². The van der Waals surface area contributed by atoms with E-state index in [1.54, 1.807) is 0 Å². The van der Waals surface area contributed by atoms with Crippen LogP contribution < -0.4 is 0 Å². The van der Waals surface area contributed by atoms with Gasteiger partial charge in [0.05, 0.1) is 6.10 Å². The molecule has 1 N–H and O–H groups in total. The SMILES string of the molecule is C/C=C/C(O)CC1CC=CC(C)(C)C1. The summed E-state index contributed by atoms with van der Waals surface area (Å²) in [5.41, 5.74) is 0.318. The molecule has 0 radical (unpaired) electrons. The van der Waals surface area contributed by atoms with Gasteiger partial charge in [0.2, 0.25) is 0 Å². The van der Waals surface area contributed by atoms with Crippen LogP contribution in [0.5, 0.6) is 0 Å². The number of aliphatic hydroxyl groups is 1. The van der Waals surface area contributed by atoms with Gasteiger partial charge in [-0.15, -0.1) is 0 Å². The Morgan fingerprint density at radius 3 is 2.86 bits per heavy atom. The second kappa shape index (κ2) is 4.79. The summed E-state index contributed by atoms with van der Waals surface area (Å²) in [5, 5.41) is 9.66. The van der Waals surface area contributed by atoms with Crippen molar-refractivity contribution < 1.29 is 5.11 Å². The first kappa shape index (κ1) is 11.5. The van der Waals surface area contributed by atoms with Crippen molar-refractivity contribution in [3.63, 3.8) is 0 Å². The van der Waals surface area contributed by atoms with Crippen LogP contribution in [0.3, 0.4) is 0 Å². The molecule has 1 heteroatoms. The van der Waals surface area contributed by atoms with Crippen molar-refractivity contribution in [3.05, 3.63) is 24.3 Å². The standard InChI is InChI=1S/C13H22O/c1-4-6-12(14)9-11-7-5-8-13(2,3)10-11/h4-6,8,11-12,14H,7,9-10H2,1-3H3/b6-4+. The Morgan fingerprint density at radius 1 is 1.57 bits per heavy atom. The van der Waals surface area contributed by atoms with Crippen LogP contribution in [0.15, 0.2) is 24.3 Å². The lowest BCUT2D eigenvalue weighted by Crippen LogP contribution is -2.21. The van der Waals surface area contributed by atoms with Crippen molar-refractivity contribution in [1.29, 1.82) is 0 Å². The highest BCUT2D eigenvalue weighted by molar-refractivity contribution is 5.02. The van der Waals surface area contributed by atoms with Gasteiger partial charge >= 0.3 is 0 Å². The highest BCUT2D eigenvalue weighted by Crippen LogP contribution is 2.35. The monoisotopic (exact) mass is 194 g/mol. The normalized spacial score (nSPS) is 28.1. The summed E-state index contributed by atoms with van der Waals surface area (Å²) in [7, 11) is 0. The molecule has 0 aromatic carbocycles. The lowest BCUT2D eigenvalue weighted by Gasteiger charge is -2.31. The van der Waals surface area contributed by atoms with E-state index >= 15 is 0 Å². The highest BCUT2D eigenvalue weighted by atomic mass is 16.3. The Labute approximate surface area is 87.5 Å². The molecule has 1 aliphatic carbocycles. The maximum Gasteiger partial charge on any atom is 0.0723 e. The zero-order valence-corrected chi connectivity index (χ0v) is 9.53. The molecule has 0 spiro atoms. The van der Waals surface area contributed by atoms with E-state index in [1.807, 2.05) is 19.1 Å². The summed E-state index contributed by atoms with van der Waals surface area (Å²) in [6, 6.07) is 0. The Bertz CT molecular complexity index is 225. The fourth-order valence-corrected chi connectivity index (χ4v) is 2.30. The number of aliphatic hydroxyl groups excluding tert-OH is 1. The van der Waals surface area contributed by atoms with E-state index in [0.717, 1.165) is 12.8 Å². The quantitative estimate of drug-likeness (QED) is 0.683. The highest BCUT2D eigenvalue weighted by Gasteiger charge is 2.24. The molecule has 1 rings (SSSR count). The Kier molecular flexibility index (Phi) is 3.94. The molecule has 0 aromatic heterocycles. The predicted molar refractivity (Wildman–Crippen MR) is 61.1 cm³/mol. The second-order valence-corrected chi connectivity index (χ2v) is 5.03. The van der Waals surface area contributed by atoms with Crippen molar-refractivity contribution in [1.82, 2.24) is 0 Å². The van der Waals surface area contributed by atoms with Crippen LogP contribution in [-0.4, -0.2) is 11.2 Å². The molecule has 2 unspecified atom stereocenters. The molecule has 0 amide bonds. The van der Waals surface area contributed by atoms with Crippen LogP contribution in [0.4, 0.5) is 0 Å². The Morgan fingerprint density at radius 2 is 2.29 bits per heavy atom. The largest absolute Gasteiger partial charge is 0.389 e. The van der Waals surface area contributed by atoms with E-state index in [0.29, 0.717) is 11.3 Å². The average molecular weight is 194 g/mol. The first-order valence-corrected chi connectivity index (χ1v) is 5.52. The van der Waals surface area contributed by atoms with E-state index in [2.05, 4.69) is 26.0 Å². The van der Waals surface area contributed by atoms with Gasteiger partial charge in [-0.1, -0.05) is 38.2 Å². The van der Waals surface area contributed by atoms with Crippen molar-refractivity contribution in [3.8, 4) is 0 Å². The van der Waals surface area contributed by atoms with E-state index in [-0.39, 0.29) is 6.10 Å². The van der Waals surface area contributed by atoms with E-state index < -0.39 is 0 Å². The van der Waals surface area contributed by atoms with E-state index in [4.69, 9.17) is 0 Å². The molecule has 0 heterocycles. The smallest absolute Gasteiger partial charge is 0.0723 e. The summed E-state index contributed by atoms with van der Waals surface area (Å²) >= 11 is 0. The van der Waals surface area contributed by atoms with Crippen molar-refractivity contribution in [2.45, 2.75) is 46.1 Å². The summed E-state index contributed by atoms with van der Waals surface area (Å²) in [6.45, 7) is 6.48. The Balaban J connectivity index is 2.44. The van der Waals surface area contributed by atoms with Gasteiger partial charge in [-0.2, -0.15) is 0 Å². The summed E-state index contributed by atoms with van der Waals surface area (Å²) < 4.78 is 0. The lowest BCUT2D eigenvalue weighted by atomic mass is 9.75. The maximum atomic E-state index is 9.66. The van der Waals surface area contributed by atoms with Crippen molar-refractivity contribution in [2.75, 3.05) is 0 Å². The van der Waals surface area contributed by atoms with Gasteiger partial charge in [0, 0.05) is 0 Å². The molecule has 0 bridgehead atoms. The summed E-state index contributed by atoms with van der Waals surface area (Å²) in [4.78, 5) is 0. The van der Waals surface area contributed by atoms with Gasteiger partial charge in [0.25, 0.3) is 0 Å². The van der Waals surface area contributed by atoms with Crippen molar-refractivity contribution >= 4 is 0 Å². The van der Waals surface area contributed by atoms with Gasteiger partial charge in [0.1, 0.15) is 0 Å². The number of allylic oxidation sites excluding steroid dienone is 3. The molecule has 80 valence electrons.